The predicted octanol–water partition coefficient (Wildman–Crippen LogP) is 2.88. The van der Waals surface area contributed by atoms with E-state index in [2.05, 4.69) is 20.7 Å². The maximum Gasteiger partial charge on any atom is 0.263 e. The second kappa shape index (κ2) is 5.47. The zero-order valence-corrected chi connectivity index (χ0v) is 13.6. The molecule has 0 spiro atoms. The molecule has 1 aromatic heterocycles. The first kappa shape index (κ1) is 14.6. The van der Waals surface area contributed by atoms with E-state index in [4.69, 9.17) is 0 Å². The van der Waals surface area contributed by atoms with Gasteiger partial charge in [0.2, 0.25) is 0 Å². The van der Waals surface area contributed by atoms with Gasteiger partial charge in [0.1, 0.15) is 4.90 Å². The van der Waals surface area contributed by atoms with E-state index in [0.29, 0.717) is 21.9 Å². The molecule has 1 aromatic carbocycles. The van der Waals surface area contributed by atoms with Crippen molar-refractivity contribution in [3.63, 3.8) is 0 Å². The first-order chi connectivity index (χ1) is 10.0. The van der Waals surface area contributed by atoms with Crippen LogP contribution in [0.5, 0.6) is 0 Å². The molecule has 2 aromatic rings. The highest BCUT2D eigenvalue weighted by Crippen LogP contribution is 2.37. The van der Waals surface area contributed by atoms with Gasteiger partial charge < -0.3 is 9.67 Å². The molecule has 0 atom stereocenters. The van der Waals surface area contributed by atoms with E-state index in [-0.39, 0.29) is 11.5 Å². The van der Waals surface area contributed by atoms with Gasteiger partial charge >= 0.3 is 0 Å². The molecule has 0 aliphatic heterocycles. The fourth-order valence-corrected chi connectivity index (χ4v) is 3.85. The number of sulfonamides is 1. The second-order valence-electron chi connectivity index (χ2n) is 5.05. The van der Waals surface area contributed by atoms with Crippen LogP contribution in [-0.2, 0) is 16.6 Å². The summed E-state index contributed by atoms with van der Waals surface area (Å²) >= 11 is 3.32. The van der Waals surface area contributed by atoms with Gasteiger partial charge in [0.15, 0.2) is 0 Å². The van der Waals surface area contributed by atoms with E-state index < -0.39 is 10.0 Å². The van der Waals surface area contributed by atoms with Crippen LogP contribution in [0.3, 0.4) is 0 Å². The van der Waals surface area contributed by atoms with E-state index in [1.54, 1.807) is 24.4 Å². The molecular formula is C14H15BrN2O3S. The molecule has 112 valence electrons. The zero-order chi connectivity index (χ0) is 15.0. The van der Waals surface area contributed by atoms with Gasteiger partial charge in [-0.05, 0) is 47.0 Å². The smallest absolute Gasteiger partial charge is 0.263 e. The van der Waals surface area contributed by atoms with Crippen LogP contribution in [0.4, 0.5) is 5.69 Å². The quantitative estimate of drug-likeness (QED) is 0.849. The van der Waals surface area contributed by atoms with Crippen LogP contribution >= 0.6 is 15.9 Å². The van der Waals surface area contributed by atoms with E-state index >= 15 is 0 Å². The molecule has 0 unspecified atom stereocenters. The molecule has 2 N–H and O–H groups in total. The lowest BCUT2D eigenvalue weighted by molar-refractivity contribution is 0.270. The number of nitrogens with one attached hydrogen (secondary N) is 1. The summed E-state index contributed by atoms with van der Waals surface area (Å²) in [6, 6.07) is 8.88. The van der Waals surface area contributed by atoms with Crippen LogP contribution in [-0.4, -0.2) is 18.1 Å². The molecule has 21 heavy (non-hydrogen) atoms. The van der Waals surface area contributed by atoms with Crippen molar-refractivity contribution in [2.75, 3.05) is 4.72 Å². The molecular weight excluding hydrogens is 356 g/mol. The van der Waals surface area contributed by atoms with Gasteiger partial charge in [-0.1, -0.05) is 12.1 Å². The summed E-state index contributed by atoms with van der Waals surface area (Å²) in [5.74, 6) is 0. The molecule has 0 amide bonds. The van der Waals surface area contributed by atoms with Crippen molar-refractivity contribution < 1.29 is 13.5 Å². The summed E-state index contributed by atoms with van der Waals surface area (Å²) in [5.41, 5.74) is 1.12. The van der Waals surface area contributed by atoms with Crippen LogP contribution in [0.2, 0.25) is 0 Å². The van der Waals surface area contributed by atoms with Gasteiger partial charge in [0, 0.05) is 22.4 Å². The minimum absolute atomic E-state index is 0.166. The Labute approximate surface area is 131 Å². The van der Waals surface area contributed by atoms with Gasteiger partial charge in [-0.3, -0.25) is 4.72 Å². The van der Waals surface area contributed by atoms with Crippen LogP contribution < -0.4 is 4.72 Å². The van der Waals surface area contributed by atoms with Crippen molar-refractivity contribution in [2.45, 2.75) is 30.4 Å². The van der Waals surface area contributed by atoms with E-state index in [1.165, 1.54) is 6.07 Å². The zero-order valence-electron chi connectivity index (χ0n) is 11.2. The third-order valence-corrected chi connectivity index (χ3v) is 5.46. The van der Waals surface area contributed by atoms with Crippen LogP contribution in [0, 0.1) is 0 Å². The van der Waals surface area contributed by atoms with Crippen molar-refractivity contribution >= 4 is 31.6 Å². The molecule has 1 fully saturated rings. The standard InChI is InChI=1S/C14H15BrN2O3S/c15-13-3-1-2-4-14(13)16-21(19,20)12-7-11(9-18)17(8-12)10-5-6-10/h1-4,7-8,10,16,18H,5-6,9H2. The highest BCUT2D eigenvalue weighted by molar-refractivity contribution is 9.10. The van der Waals surface area contributed by atoms with Gasteiger partial charge in [-0.15, -0.1) is 0 Å². The first-order valence-electron chi connectivity index (χ1n) is 6.60. The normalized spacial score (nSPS) is 15.1. The molecule has 0 bridgehead atoms. The van der Waals surface area contributed by atoms with E-state index in [9.17, 15) is 13.5 Å². The third-order valence-electron chi connectivity index (χ3n) is 3.44. The Hall–Kier alpha value is -1.31. The number of benzene rings is 1. The van der Waals surface area contributed by atoms with Gasteiger partial charge in [-0.2, -0.15) is 0 Å². The van der Waals surface area contributed by atoms with Crippen molar-refractivity contribution in [1.82, 2.24) is 4.57 Å². The lowest BCUT2D eigenvalue weighted by atomic mass is 10.3. The molecule has 3 rings (SSSR count). The number of halogens is 1. The number of anilines is 1. The highest BCUT2D eigenvalue weighted by atomic mass is 79.9. The Morgan fingerprint density at radius 3 is 2.67 bits per heavy atom. The number of nitrogens with zero attached hydrogens (tertiary/aromatic N) is 1. The number of para-hydroxylation sites is 1. The Kier molecular flexibility index (Phi) is 3.81. The third kappa shape index (κ3) is 3.00. The molecule has 1 saturated carbocycles. The SMILES string of the molecule is O=S(=O)(Nc1ccccc1Br)c1cc(CO)n(C2CC2)c1. The number of hydrogen-bond donors (Lipinski definition) is 2. The summed E-state index contributed by atoms with van der Waals surface area (Å²) in [7, 11) is -3.67. The van der Waals surface area contributed by atoms with Crippen molar-refractivity contribution in [3.8, 4) is 0 Å². The van der Waals surface area contributed by atoms with Gasteiger partial charge in [-0.25, -0.2) is 8.42 Å². The van der Waals surface area contributed by atoms with Crippen molar-refractivity contribution in [2.24, 2.45) is 0 Å². The summed E-state index contributed by atoms with van der Waals surface area (Å²) in [5, 5.41) is 9.36. The average Bonchev–Trinajstić information content (AvgIpc) is 3.19. The maximum absolute atomic E-state index is 12.5. The average molecular weight is 371 g/mol. The Balaban J connectivity index is 1.93. The fourth-order valence-electron chi connectivity index (χ4n) is 2.21. The lowest BCUT2D eigenvalue weighted by Crippen LogP contribution is -2.12. The largest absolute Gasteiger partial charge is 0.390 e. The Morgan fingerprint density at radius 1 is 1.33 bits per heavy atom. The Morgan fingerprint density at radius 2 is 2.05 bits per heavy atom. The fraction of sp³-hybridized carbons (Fsp3) is 0.286. The van der Waals surface area contributed by atoms with Gasteiger partial charge in [0.05, 0.1) is 12.3 Å². The van der Waals surface area contributed by atoms with E-state index in [0.717, 1.165) is 12.8 Å². The van der Waals surface area contributed by atoms with Crippen molar-refractivity contribution in [3.05, 3.63) is 46.7 Å². The number of aliphatic hydroxyl groups excluding tert-OH is 1. The summed E-state index contributed by atoms with van der Waals surface area (Å²) in [4.78, 5) is 0.175. The minimum atomic E-state index is -3.67. The maximum atomic E-state index is 12.5. The highest BCUT2D eigenvalue weighted by Gasteiger charge is 2.28. The van der Waals surface area contributed by atoms with Crippen LogP contribution in [0.15, 0.2) is 45.9 Å². The minimum Gasteiger partial charge on any atom is -0.390 e. The van der Waals surface area contributed by atoms with Gasteiger partial charge in [0.25, 0.3) is 10.0 Å². The number of aliphatic hydroxyl groups is 1. The van der Waals surface area contributed by atoms with Crippen molar-refractivity contribution in [1.29, 1.82) is 0 Å². The summed E-state index contributed by atoms with van der Waals surface area (Å²) < 4.78 is 30.0. The second-order valence-corrected chi connectivity index (χ2v) is 7.59. The summed E-state index contributed by atoms with van der Waals surface area (Å²) in [6.07, 6.45) is 3.65. The molecule has 1 aliphatic rings. The predicted molar refractivity (Wildman–Crippen MR) is 83.6 cm³/mol. The lowest BCUT2D eigenvalue weighted by Gasteiger charge is -2.08. The van der Waals surface area contributed by atoms with E-state index in [1.807, 2.05) is 10.6 Å². The molecule has 0 saturated heterocycles. The molecule has 5 nitrogen and oxygen atoms in total. The number of hydrogen-bond acceptors (Lipinski definition) is 3. The number of aromatic nitrogens is 1. The summed E-state index contributed by atoms with van der Waals surface area (Å²) in [6.45, 7) is -0.166. The molecule has 1 heterocycles. The molecule has 0 radical (unpaired) electrons. The monoisotopic (exact) mass is 370 g/mol. The van der Waals surface area contributed by atoms with Crippen LogP contribution in [0.1, 0.15) is 24.6 Å². The topological polar surface area (TPSA) is 71.3 Å². The molecule has 7 heteroatoms. The molecule has 1 aliphatic carbocycles. The number of rotatable bonds is 5. The van der Waals surface area contributed by atoms with Crippen LogP contribution in [0.25, 0.3) is 0 Å². The Bertz CT molecular complexity index is 766. The first-order valence-corrected chi connectivity index (χ1v) is 8.88.